The van der Waals surface area contributed by atoms with Crippen LogP contribution in [0.4, 0.5) is 11.9 Å². The van der Waals surface area contributed by atoms with Gasteiger partial charge in [-0.15, -0.1) is 5.10 Å². The van der Waals surface area contributed by atoms with Gasteiger partial charge in [0.05, 0.1) is 0 Å². The summed E-state index contributed by atoms with van der Waals surface area (Å²) in [6.07, 6.45) is 0. The van der Waals surface area contributed by atoms with E-state index >= 15 is 0 Å². The number of rotatable bonds is 4. The van der Waals surface area contributed by atoms with Gasteiger partial charge in [-0.25, -0.2) is 5.10 Å². The molecular weight excluding hydrogens is 282 g/mol. The van der Waals surface area contributed by atoms with Gasteiger partial charge in [-0.1, -0.05) is 11.6 Å². The standard InChI is InChI=1S/C12H12ClN5O2/c1-18(2)12-15-11(16-17-12)14-10(20)9(19)7-3-5-8(13)6-4-7/h3-6H,1-2H3,(H2,14,15,16,17,20). The van der Waals surface area contributed by atoms with Gasteiger partial charge in [0.2, 0.25) is 11.9 Å². The molecule has 0 aliphatic carbocycles. The minimum Gasteiger partial charge on any atom is -0.346 e. The first-order chi connectivity index (χ1) is 9.47. The number of Topliss-reactive ketones (excluding diaryl/α,β-unsaturated/α-hetero) is 1. The minimum absolute atomic E-state index is 0.112. The van der Waals surface area contributed by atoms with Crippen LogP contribution in [0.5, 0.6) is 0 Å². The molecule has 0 radical (unpaired) electrons. The van der Waals surface area contributed by atoms with E-state index in [-0.39, 0.29) is 11.5 Å². The van der Waals surface area contributed by atoms with Crippen LogP contribution < -0.4 is 10.2 Å². The molecule has 0 bridgehead atoms. The second kappa shape index (κ2) is 5.70. The highest BCUT2D eigenvalue weighted by atomic mass is 35.5. The van der Waals surface area contributed by atoms with Crippen LogP contribution in [0.15, 0.2) is 24.3 Å². The van der Waals surface area contributed by atoms with Crippen molar-refractivity contribution < 1.29 is 9.59 Å². The fraction of sp³-hybridized carbons (Fsp3) is 0.167. The van der Waals surface area contributed by atoms with E-state index in [9.17, 15) is 9.59 Å². The highest BCUT2D eigenvalue weighted by Gasteiger charge is 2.18. The predicted octanol–water partition coefficient (Wildman–Crippen LogP) is 1.35. The van der Waals surface area contributed by atoms with Crippen molar-refractivity contribution in [3.63, 3.8) is 0 Å². The molecular formula is C12H12ClN5O2. The number of carbonyl (C=O) groups excluding carboxylic acids is 2. The van der Waals surface area contributed by atoms with Gasteiger partial charge in [0, 0.05) is 24.7 Å². The Balaban J connectivity index is 2.07. The molecule has 1 heterocycles. The Hall–Kier alpha value is -2.41. The number of nitrogens with zero attached hydrogens (tertiary/aromatic N) is 3. The fourth-order valence-corrected chi connectivity index (χ4v) is 1.53. The Labute approximate surface area is 120 Å². The summed E-state index contributed by atoms with van der Waals surface area (Å²) in [6.45, 7) is 0. The average molecular weight is 294 g/mol. The molecule has 1 aromatic carbocycles. The number of nitrogens with one attached hydrogen (secondary N) is 2. The molecule has 0 saturated heterocycles. The Kier molecular flexibility index (Phi) is 3.99. The van der Waals surface area contributed by atoms with E-state index in [1.807, 2.05) is 0 Å². The van der Waals surface area contributed by atoms with Gasteiger partial charge in [-0.3, -0.25) is 14.9 Å². The Morgan fingerprint density at radius 2 is 1.90 bits per heavy atom. The molecule has 104 valence electrons. The summed E-state index contributed by atoms with van der Waals surface area (Å²) in [5.41, 5.74) is 0.249. The number of ketones is 1. The van der Waals surface area contributed by atoms with Gasteiger partial charge in [0.15, 0.2) is 0 Å². The Morgan fingerprint density at radius 1 is 1.25 bits per heavy atom. The third-order valence-corrected chi connectivity index (χ3v) is 2.67. The number of aromatic amines is 1. The van der Waals surface area contributed by atoms with Crippen molar-refractivity contribution in [3.8, 4) is 0 Å². The highest BCUT2D eigenvalue weighted by molar-refractivity contribution is 6.46. The summed E-state index contributed by atoms with van der Waals surface area (Å²) >= 11 is 5.72. The Morgan fingerprint density at radius 3 is 2.45 bits per heavy atom. The van der Waals surface area contributed by atoms with E-state index in [1.165, 1.54) is 12.1 Å². The third kappa shape index (κ3) is 3.12. The number of hydrogen-bond donors (Lipinski definition) is 2. The lowest BCUT2D eigenvalue weighted by Crippen LogP contribution is -2.23. The van der Waals surface area contributed by atoms with Crippen molar-refractivity contribution in [2.24, 2.45) is 0 Å². The highest BCUT2D eigenvalue weighted by Crippen LogP contribution is 2.11. The largest absolute Gasteiger partial charge is 0.346 e. The average Bonchev–Trinajstić information content (AvgIpc) is 2.87. The lowest BCUT2D eigenvalue weighted by Gasteiger charge is -2.04. The summed E-state index contributed by atoms with van der Waals surface area (Å²) in [7, 11) is 3.52. The number of aromatic nitrogens is 3. The van der Waals surface area contributed by atoms with Crippen LogP contribution in [0, 0.1) is 0 Å². The monoisotopic (exact) mass is 293 g/mol. The van der Waals surface area contributed by atoms with Crippen molar-refractivity contribution >= 4 is 35.2 Å². The maximum atomic E-state index is 11.9. The SMILES string of the molecule is CN(C)c1n[nH]c(NC(=O)C(=O)c2ccc(Cl)cc2)n1. The van der Waals surface area contributed by atoms with E-state index in [4.69, 9.17) is 11.6 Å². The zero-order valence-electron chi connectivity index (χ0n) is 10.8. The van der Waals surface area contributed by atoms with Crippen LogP contribution in [-0.2, 0) is 4.79 Å². The number of hydrogen-bond acceptors (Lipinski definition) is 5. The molecule has 0 spiro atoms. The number of carbonyl (C=O) groups is 2. The smallest absolute Gasteiger partial charge is 0.299 e. The molecule has 1 aromatic heterocycles. The van der Waals surface area contributed by atoms with E-state index < -0.39 is 11.7 Å². The summed E-state index contributed by atoms with van der Waals surface area (Å²) in [5.74, 6) is -0.960. The molecule has 8 heteroatoms. The first-order valence-corrected chi connectivity index (χ1v) is 6.06. The predicted molar refractivity (Wildman–Crippen MR) is 75.1 cm³/mol. The molecule has 0 unspecified atom stereocenters. The van der Waals surface area contributed by atoms with E-state index in [2.05, 4.69) is 20.5 Å². The van der Waals surface area contributed by atoms with E-state index in [0.29, 0.717) is 11.0 Å². The number of anilines is 2. The summed E-state index contributed by atoms with van der Waals surface area (Å²) < 4.78 is 0. The maximum Gasteiger partial charge on any atom is 0.299 e. The van der Waals surface area contributed by atoms with Crippen molar-refractivity contribution in [1.82, 2.24) is 15.2 Å². The molecule has 0 aliphatic heterocycles. The summed E-state index contributed by atoms with van der Waals surface area (Å²) in [5, 5.41) is 9.23. The van der Waals surface area contributed by atoms with Crippen LogP contribution >= 0.6 is 11.6 Å². The topological polar surface area (TPSA) is 91.0 Å². The summed E-state index contributed by atoms with van der Waals surface area (Å²) in [4.78, 5) is 29.3. The van der Waals surface area contributed by atoms with Gasteiger partial charge in [0.25, 0.3) is 11.7 Å². The van der Waals surface area contributed by atoms with Crippen LogP contribution in [0.3, 0.4) is 0 Å². The van der Waals surface area contributed by atoms with Gasteiger partial charge in [0.1, 0.15) is 0 Å². The molecule has 0 aliphatic rings. The second-order valence-electron chi connectivity index (χ2n) is 4.17. The molecule has 2 aromatic rings. The third-order valence-electron chi connectivity index (χ3n) is 2.42. The lowest BCUT2D eigenvalue weighted by molar-refractivity contribution is -0.112. The van der Waals surface area contributed by atoms with E-state index in [0.717, 1.165) is 0 Å². The number of H-pyrrole nitrogens is 1. The molecule has 0 atom stereocenters. The Bertz CT molecular complexity index is 636. The molecule has 1 amide bonds. The molecule has 2 N–H and O–H groups in total. The molecule has 0 saturated carbocycles. The van der Waals surface area contributed by atoms with Crippen LogP contribution in [0.1, 0.15) is 10.4 Å². The normalized spacial score (nSPS) is 10.2. The van der Waals surface area contributed by atoms with Crippen LogP contribution in [-0.4, -0.2) is 41.0 Å². The van der Waals surface area contributed by atoms with Crippen LogP contribution in [0.25, 0.3) is 0 Å². The van der Waals surface area contributed by atoms with Crippen molar-refractivity contribution in [1.29, 1.82) is 0 Å². The maximum absolute atomic E-state index is 11.9. The van der Waals surface area contributed by atoms with Gasteiger partial charge in [-0.05, 0) is 24.3 Å². The second-order valence-corrected chi connectivity index (χ2v) is 4.61. The zero-order valence-corrected chi connectivity index (χ0v) is 11.6. The molecule has 2 rings (SSSR count). The van der Waals surface area contributed by atoms with Gasteiger partial charge >= 0.3 is 0 Å². The number of amides is 1. The lowest BCUT2D eigenvalue weighted by atomic mass is 10.1. The molecule has 20 heavy (non-hydrogen) atoms. The number of halogens is 1. The number of benzene rings is 1. The first-order valence-electron chi connectivity index (χ1n) is 5.68. The van der Waals surface area contributed by atoms with Crippen molar-refractivity contribution in [2.45, 2.75) is 0 Å². The van der Waals surface area contributed by atoms with E-state index in [1.54, 1.807) is 31.1 Å². The molecule has 7 nitrogen and oxygen atoms in total. The van der Waals surface area contributed by atoms with Crippen LogP contribution in [0.2, 0.25) is 5.02 Å². The van der Waals surface area contributed by atoms with Crippen molar-refractivity contribution in [2.75, 3.05) is 24.3 Å². The first kappa shape index (κ1) is 14.0. The fourth-order valence-electron chi connectivity index (χ4n) is 1.41. The van der Waals surface area contributed by atoms with Crippen molar-refractivity contribution in [3.05, 3.63) is 34.9 Å². The zero-order chi connectivity index (χ0) is 14.7. The quantitative estimate of drug-likeness (QED) is 0.656. The molecule has 0 fully saturated rings. The summed E-state index contributed by atoms with van der Waals surface area (Å²) in [6, 6.07) is 6.05. The van der Waals surface area contributed by atoms with Gasteiger partial charge in [-0.2, -0.15) is 4.98 Å². The van der Waals surface area contributed by atoms with Gasteiger partial charge < -0.3 is 4.90 Å². The minimum atomic E-state index is -0.797.